The molecule has 2 aromatic carbocycles. The van der Waals surface area contributed by atoms with Crippen LogP contribution in [0.4, 0.5) is 5.69 Å². The zero-order chi connectivity index (χ0) is 16.7. The molecular weight excluding hydrogens is 288 g/mol. The number of hydrogen-bond acceptors (Lipinski definition) is 3. The molecule has 0 unspecified atom stereocenters. The molecule has 1 amide bonds. The van der Waals surface area contributed by atoms with Gasteiger partial charge in [0.2, 0.25) is 5.91 Å². The van der Waals surface area contributed by atoms with E-state index in [9.17, 15) is 4.79 Å². The fourth-order valence-corrected chi connectivity index (χ4v) is 2.22. The highest BCUT2D eigenvalue weighted by atomic mass is 16.5. The molecule has 0 radical (unpaired) electrons. The summed E-state index contributed by atoms with van der Waals surface area (Å²) < 4.78 is 5.13. The van der Waals surface area contributed by atoms with Crippen molar-refractivity contribution in [3.63, 3.8) is 0 Å². The highest BCUT2D eigenvalue weighted by Crippen LogP contribution is 2.14. The second-order valence-corrected chi connectivity index (χ2v) is 5.62. The van der Waals surface area contributed by atoms with Crippen molar-refractivity contribution in [3.8, 4) is 5.75 Å². The van der Waals surface area contributed by atoms with E-state index in [4.69, 9.17) is 4.74 Å². The Labute approximate surface area is 137 Å². The first-order chi connectivity index (χ1) is 11.1. The first-order valence-electron chi connectivity index (χ1n) is 7.79. The van der Waals surface area contributed by atoms with Gasteiger partial charge in [0.1, 0.15) is 5.75 Å². The maximum absolute atomic E-state index is 11.9. The molecule has 122 valence electrons. The van der Waals surface area contributed by atoms with Crippen LogP contribution in [0.2, 0.25) is 0 Å². The van der Waals surface area contributed by atoms with Crippen LogP contribution in [0.15, 0.2) is 42.5 Å². The lowest BCUT2D eigenvalue weighted by Gasteiger charge is -2.09. The minimum absolute atomic E-state index is 0.0236. The molecule has 0 saturated carbocycles. The highest BCUT2D eigenvalue weighted by molar-refractivity contribution is 5.90. The third-order valence-electron chi connectivity index (χ3n) is 3.81. The first-order valence-corrected chi connectivity index (χ1v) is 7.79. The Morgan fingerprint density at radius 1 is 1.04 bits per heavy atom. The fourth-order valence-electron chi connectivity index (χ4n) is 2.22. The summed E-state index contributed by atoms with van der Waals surface area (Å²) in [5.74, 6) is 0.872. The number of ether oxygens (including phenoxy) is 1. The average Bonchev–Trinajstić information content (AvgIpc) is 2.55. The number of aryl methyl sites for hydroxylation is 2. The SMILES string of the molecule is COc1ccc(CNCCC(=O)Nc2ccc(C)c(C)c2)cc1. The Morgan fingerprint density at radius 2 is 1.78 bits per heavy atom. The monoisotopic (exact) mass is 312 g/mol. The molecule has 23 heavy (non-hydrogen) atoms. The van der Waals surface area contributed by atoms with E-state index in [1.54, 1.807) is 7.11 Å². The van der Waals surface area contributed by atoms with Crippen molar-refractivity contribution in [2.75, 3.05) is 19.0 Å². The lowest BCUT2D eigenvalue weighted by atomic mass is 10.1. The maximum atomic E-state index is 11.9. The summed E-state index contributed by atoms with van der Waals surface area (Å²) in [5, 5.41) is 6.20. The van der Waals surface area contributed by atoms with Gasteiger partial charge in [0.25, 0.3) is 0 Å². The lowest BCUT2D eigenvalue weighted by Crippen LogP contribution is -2.21. The smallest absolute Gasteiger partial charge is 0.225 e. The van der Waals surface area contributed by atoms with E-state index in [0.717, 1.165) is 18.0 Å². The van der Waals surface area contributed by atoms with Gasteiger partial charge in [-0.15, -0.1) is 0 Å². The minimum Gasteiger partial charge on any atom is -0.497 e. The average molecular weight is 312 g/mol. The van der Waals surface area contributed by atoms with Crippen LogP contribution < -0.4 is 15.4 Å². The molecule has 0 bridgehead atoms. The molecule has 2 N–H and O–H groups in total. The molecule has 0 atom stereocenters. The molecular formula is C19H24N2O2. The predicted octanol–water partition coefficient (Wildman–Crippen LogP) is 3.43. The van der Waals surface area contributed by atoms with Gasteiger partial charge in [-0.2, -0.15) is 0 Å². The van der Waals surface area contributed by atoms with Gasteiger partial charge >= 0.3 is 0 Å². The number of nitrogens with one attached hydrogen (secondary N) is 2. The number of rotatable bonds is 7. The van der Waals surface area contributed by atoms with Crippen molar-refractivity contribution in [2.45, 2.75) is 26.8 Å². The maximum Gasteiger partial charge on any atom is 0.225 e. The van der Waals surface area contributed by atoms with E-state index in [2.05, 4.69) is 17.6 Å². The summed E-state index contributed by atoms with van der Waals surface area (Å²) in [5.41, 5.74) is 4.43. The van der Waals surface area contributed by atoms with E-state index in [0.29, 0.717) is 13.0 Å². The molecule has 0 aliphatic carbocycles. The summed E-state index contributed by atoms with van der Waals surface area (Å²) in [6.07, 6.45) is 0.447. The third kappa shape index (κ3) is 5.42. The molecule has 0 aliphatic rings. The summed E-state index contributed by atoms with van der Waals surface area (Å²) in [7, 11) is 1.65. The second-order valence-electron chi connectivity index (χ2n) is 5.62. The van der Waals surface area contributed by atoms with Gasteiger partial charge in [-0.05, 0) is 54.8 Å². The quantitative estimate of drug-likeness (QED) is 0.770. The molecule has 2 rings (SSSR count). The fraction of sp³-hybridized carbons (Fsp3) is 0.316. The van der Waals surface area contributed by atoms with Gasteiger partial charge in [-0.25, -0.2) is 0 Å². The molecule has 2 aromatic rings. The highest BCUT2D eigenvalue weighted by Gasteiger charge is 2.03. The van der Waals surface area contributed by atoms with Gasteiger partial charge in [0.15, 0.2) is 0 Å². The van der Waals surface area contributed by atoms with Crippen LogP contribution >= 0.6 is 0 Å². The van der Waals surface area contributed by atoms with E-state index in [-0.39, 0.29) is 5.91 Å². The van der Waals surface area contributed by atoms with Gasteiger partial charge in [0.05, 0.1) is 7.11 Å². The van der Waals surface area contributed by atoms with Gasteiger partial charge < -0.3 is 15.4 Å². The minimum atomic E-state index is 0.0236. The second kappa shape index (κ2) is 8.34. The third-order valence-corrected chi connectivity index (χ3v) is 3.81. The molecule has 4 heteroatoms. The first kappa shape index (κ1) is 17.0. The van der Waals surface area contributed by atoms with E-state index in [1.165, 1.54) is 16.7 Å². The number of carbonyl (C=O) groups excluding carboxylic acids is 1. The Bertz CT molecular complexity index is 651. The van der Waals surface area contributed by atoms with Crippen LogP contribution in [-0.4, -0.2) is 19.6 Å². The van der Waals surface area contributed by atoms with Crippen molar-refractivity contribution in [1.29, 1.82) is 0 Å². The molecule has 4 nitrogen and oxygen atoms in total. The molecule has 0 aliphatic heterocycles. The van der Waals surface area contributed by atoms with Crippen molar-refractivity contribution in [1.82, 2.24) is 5.32 Å². The van der Waals surface area contributed by atoms with E-state index in [1.807, 2.05) is 49.4 Å². The Morgan fingerprint density at radius 3 is 2.43 bits per heavy atom. The van der Waals surface area contributed by atoms with Gasteiger partial charge in [-0.3, -0.25) is 4.79 Å². The lowest BCUT2D eigenvalue weighted by molar-refractivity contribution is -0.116. The van der Waals surface area contributed by atoms with Crippen molar-refractivity contribution >= 4 is 11.6 Å². The molecule has 0 heterocycles. The molecule has 0 saturated heterocycles. The molecule has 0 spiro atoms. The molecule has 0 aromatic heterocycles. The zero-order valence-corrected chi connectivity index (χ0v) is 14.0. The standard InChI is InChI=1S/C19H24N2O2/c1-14-4-7-17(12-15(14)2)21-19(22)10-11-20-13-16-5-8-18(23-3)9-6-16/h4-9,12,20H,10-11,13H2,1-3H3,(H,21,22). The van der Waals surface area contributed by atoms with Crippen LogP contribution in [0.25, 0.3) is 0 Å². The van der Waals surface area contributed by atoms with E-state index < -0.39 is 0 Å². The zero-order valence-electron chi connectivity index (χ0n) is 14.0. The Hall–Kier alpha value is -2.33. The van der Waals surface area contributed by atoms with Crippen LogP contribution in [0.5, 0.6) is 5.75 Å². The normalized spacial score (nSPS) is 10.4. The number of anilines is 1. The number of methoxy groups -OCH3 is 1. The van der Waals surface area contributed by atoms with Crippen molar-refractivity contribution in [3.05, 3.63) is 59.2 Å². The Kier molecular flexibility index (Phi) is 6.18. The topological polar surface area (TPSA) is 50.4 Å². The number of amides is 1. The summed E-state index contributed by atoms with van der Waals surface area (Å²) >= 11 is 0. The number of hydrogen-bond donors (Lipinski definition) is 2. The number of carbonyl (C=O) groups is 1. The summed E-state index contributed by atoms with van der Waals surface area (Å²) in [6, 6.07) is 13.9. The van der Waals surface area contributed by atoms with Crippen LogP contribution in [0, 0.1) is 13.8 Å². The van der Waals surface area contributed by atoms with Gasteiger partial charge in [-0.1, -0.05) is 18.2 Å². The summed E-state index contributed by atoms with van der Waals surface area (Å²) in [6.45, 7) is 5.48. The van der Waals surface area contributed by atoms with E-state index >= 15 is 0 Å². The largest absolute Gasteiger partial charge is 0.497 e. The van der Waals surface area contributed by atoms with Gasteiger partial charge in [0, 0.05) is 25.2 Å². The predicted molar refractivity (Wildman–Crippen MR) is 93.9 cm³/mol. The van der Waals surface area contributed by atoms with Crippen molar-refractivity contribution < 1.29 is 9.53 Å². The van der Waals surface area contributed by atoms with Crippen LogP contribution in [0.3, 0.4) is 0 Å². The number of benzene rings is 2. The summed E-state index contributed by atoms with van der Waals surface area (Å²) in [4.78, 5) is 11.9. The molecule has 0 fully saturated rings. The van der Waals surface area contributed by atoms with Crippen molar-refractivity contribution in [2.24, 2.45) is 0 Å². The van der Waals surface area contributed by atoms with Crippen LogP contribution in [-0.2, 0) is 11.3 Å². The Balaban J connectivity index is 1.70. The van der Waals surface area contributed by atoms with Crippen LogP contribution in [0.1, 0.15) is 23.1 Å².